The maximum Gasteiger partial charge on any atom is 0.393 e. The molecule has 0 saturated heterocycles. The second-order valence-corrected chi connectivity index (χ2v) is 3.69. The summed E-state index contributed by atoms with van der Waals surface area (Å²) in [5.41, 5.74) is 1.64. The van der Waals surface area contributed by atoms with E-state index in [9.17, 15) is 13.2 Å². The quantitative estimate of drug-likeness (QED) is 0.790. The van der Waals surface area contributed by atoms with Crippen molar-refractivity contribution in [2.45, 2.75) is 19.5 Å². The Balaban J connectivity index is 2.92. The molecule has 1 aromatic rings. The Hall–Kier alpha value is -1.65. The molecule has 0 unspecified atom stereocenters. The van der Waals surface area contributed by atoms with Gasteiger partial charge in [0.1, 0.15) is 0 Å². The van der Waals surface area contributed by atoms with E-state index in [1.807, 2.05) is 0 Å². The summed E-state index contributed by atoms with van der Waals surface area (Å²) in [6.45, 7) is 1.59. The molecule has 0 aliphatic rings. The summed E-state index contributed by atoms with van der Waals surface area (Å²) < 4.78 is 36.4. The molecule has 0 aliphatic carbocycles. The molecule has 0 amide bonds. The van der Waals surface area contributed by atoms with Crippen LogP contribution in [0.15, 0.2) is 29.3 Å². The maximum atomic E-state index is 12.1. The second-order valence-electron chi connectivity index (χ2n) is 3.69. The van der Waals surface area contributed by atoms with Crippen LogP contribution in [-0.4, -0.2) is 24.6 Å². The Morgan fingerprint density at radius 2 is 1.76 bits per heavy atom. The lowest BCUT2D eigenvalue weighted by Crippen LogP contribution is -2.13. The molecular weight excluding hydrogens is 229 g/mol. The number of hydrogen-bond acceptors (Lipinski definition) is 2. The minimum absolute atomic E-state index is 0.208. The SMILES string of the molecule is C/N=C(\C(C)=N)c1ccc(CC(F)(F)F)cc1. The molecular formula is C12H13F3N2. The summed E-state index contributed by atoms with van der Waals surface area (Å²) in [4.78, 5) is 3.93. The van der Waals surface area contributed by atoms with Crippen molar-refractivity contribution in [3.05, 3.63) is 35.4 Å². The third kappa shape index (κ3) is 4.01. The predicted molar refractivity (Wildman–Crippen MR) is 62.1 cm³/mol. The number of nitrogens with one attached hydrogen (secondary N) is 1. The van der Waals surface area contributed by atoms with E-state index in [1.165, 1.54) is 12.1 Å². The van der Waals surface area contributed by atoms with Crippen LogP contribution in [0.5, 0.6) is 0 Å². The van der Waals surface area contributed by atoms with E-state index in [2.05, 4.69) is 4.99 Å². The van der Waals surface area contributed by atoms with Crippen molar-refractivity contribution in [3.8, 4) is 0 Å². The molecule has 5 heteroatoms. The Labute approximate surface area is 97.7 Å². The van der Waals surface area contributed by atoms with Crippen LogP contribution >= 0.6 is 0 Å². The number of halogens is 3. The molecule has 0 heterocycles. The zero-order valence-electron chi connectivity index (χ0n) is 9.60. The minimum Gasteiger partial charge on any atom is -0.303 e. The molecule has 17 heavy (non-hydrogen) atoms. The number of aliphatic imine (C=N–C) groups is 1. The highest BCUT2D eigenvalue weighted by atomic mass is 19.4. The molecule has 1 aromatic carbocycles. The molecule has 0 saturated carbocycles. The lowest BCUT2D eigenvalue weighted by Gasteiger charge is -2.08. The van der Waals surface area contributed by atoms with Gasteiger partial charge in [-0.25, -0.2) is 0 Å². The van der Waals surface area contributed by atoms with Crippen molar-refractivity contribution < 1.29 is 13.2 Å². The highest BCUT2D eigenvalue weighted by Gasteiger charge is 2.27. The van der Waals surface area contributed by atoms with Crippen LogP contribution in [0.1, 0.15) is 18.1 Å². The zero-order chi connectivity index (χ0) is 13.1. The van der Waals surface area contributed by atoms with Crippen LogP contribution in [0.4, 0.5) is 13.2 Å². The van der Waals surface area contributed by atoms with E-state index in [0.717, 1.165) is 0 Å². The zero-order valence-corrected chi connectivity index (χ0v) is 9.60. The van der Waals surface area contributed by atoms with E-state index in [1.54, 1.807) is 26.1 Å². The van der Waals surface area contributed by atoms with Gasteiger partial charge in [0.05, 0.1) is 17.8 Å². The number of alkyl halides is 3. The fourth-order valence-corrected chi connectivity index (χ4v) is 1.53. The van der Waals surface area contributed by atoms with Crippen molar-refractivity contribution >= 4 is 11.4 Å². The van der Waals surface area contributed by atoms with Gasteiger partial charge in [-0.05, 0) is 12.5 Å². The van der Waals surface area contributed by atoms with Crippen LogP contribution in [0.3, 0.4) is 0 Å². The summed E-state index contributed by atoms with van der Waals surface area (Å²) in [5.74, 6) is 0. The van der Waals surface area contributed by atoms with Crippen molar-refractivity contribution in [2.24, 2.45) is 4.99 Å². The van der Waals surface area contributed by atoms with Gasteiger partial charge in [0, 0.05) is 12.6 Å². The number of rotatable bonds is 3. The highest BCUT2D eigenvalue weighted by molar-refractivity contribution is 6.46. The molecule has 92 valence electrons. The van der Waals surface area contributed by atoms with E-state index in [4.69, 9.17) is 5.41 Å². The van der Waals surface area contributed by atoms with Gasteiger partial charge in [-0.15, -0.1) is 0 Å². The topological polar surface area (TPSA) is 36.2 Å². The van der Waals surface area contributed by atoms with Crippen molar-refractivity contribution in [3.63, 3.8) is 0 Å². The molecule has 0 aliphatic heterocycles. The summed E-state index contributed by atoms with van der Waals surface area (Å²) in [5, 5.41) is 7.48. The Morgan fingerprint density at radius 3 is 2.12 bits per heavy atom. The average molecular weight is 242 g/mol. The first kappa shape index (κ1) is 13.4. The summed E-state index contributed by atoms with van der Waals surface area (Å²) in [6.07, 6.45) is -5.13. The van der Waals surface area contributed by atoms with Crippen LogP contribution in [0.25, 0.3) is 0 Å². The second kappa shape index (κ2) is 5.12. The summed E-state index contributed by atoms with van der Waals surface area (Å²) >= 11 is 0. The summed E-state index contributed by atoms with van der Waals surface area (Å²) in [7, 11) is 1.55. The Kier molecular flexibility index (Phi) is 4.04. The lowest BCUT2D eigenvalue weighted by atomic mass is 10.0. The van der Waals surface area contributed by atoms with Gasteiger partial charge in [-0.2, -0.15) is 13.2 Å². The van der Waals surface area contributed by atoms with Crippen molar-refractivity contribution in [1.82, 2.24) is 0 Å². The van der Waals surface area contributed by atoms with Crippen LogP contribution in [-0.2, 0) is 6.42 Å². The van der Waals surface area contributed by atoms with E-state index in [0.29, 0.717) is 11.3 Å². The van der Waals surface area contributed by atoms with Crippen LogP contribution in [0, 0.1) is 5.41 Å². The van der Waals surface area contributed by atoms with E-state index in [-0.39, 0.29) is 11.3 Å². The molecule has 0 aromatic heterocycles. The largest absolute Gasteiger partial charge is 0.393 e. The van der Waals surface area contributed by atoms with Gasteiger partial charge in [-0.1, -0.05) is 24.3 Å². The van der Waals surface area contributed by atoms with Gasteiger partial charge in [0.15, 0.2) is 0 Å². The molecule has 0 fully saturated rings. The van der Waals surface area contributed by atoms with E-state index >= 15 is 0 Å². The van der Waals surface area contributed by atoms with Gasteiger partial charge in [0.2, 0.25) is 0 Å². The van der Waals surface area contributed by atoms with Gasteiger partial charge in [0.25, 0.3) is 0 Å². The predicted octanol–water partition coefficient (Wildman–Crippen LogP) is 3.25. The molecule has 0 spiro atoms. The fraction of sp³-hybridized carbons (Fsp3) is 0.333. The molecule has 0 radical (unpaired) electrons. The maximum absolute atomic E-state index is 12.1. The van der Waals surface area contributed by atoms with Crippen LogP contribution in [0.2, 0.25) is 0 Å². The molecule has 0 atom stereocenters. The molecule has 1 rings (SSSR count). The fourth-order valence-electron chi connectivity index (χ4n) is 1.53. The number of nitrogens with zero attached hydrogens (tertiary/aromatic N) is 1. The van der Waals surface area contributed by atoms with Crippen molar-refractivity contribution in [1.29, 1.82) is 5.41 Å². The van der Waals surface area contributed by atoms with Crippen LogP contribution < -0.4 is 0 Å². The van der Waals surface area contributed by atoms with E-state index < -0.39 is 12.6 Å². The first-order valence-corrected chi connectivity index (χ1v) is 5.02. The molecule has 0 bridgehead atoms. The Bertz CT molecular complexity index is 430. The van der Waals surface area contributed by atoms with Gasteiger partial charge < -0.3 is 5.41 Å². The summed E-state index contributed by atoms with van der Waals surface area (Å²) in [6, 6.07) is 5.94. The Morgan fingerprint density at radius 1 is 1.24 bits per heavy atom. The molecule has 1 N–H and O–H groups in total. The third-order valence-corrected chi connectivity index (χ3v) is 2.21. The standard InChI is InChI=1S/C12H13F3N2/c1-8(16)11(17-2)10-5-3-9(4-6-10)7-12(13,14)15/h3-6,16H,7H2,1-2H3/b16-8?,17-11+. The van der Waals surface area contributed by atoms with Gasteiger partial charge >= 0.3 is 6.18 Å². The number of hydrogen-bond donors (Lipinski definition) is 1. The number of benzene rings is 1. The minimum atomic E-state index is -4.19. The average Bonchev–Trinajstić information content (AvgIpc) is 2.18. The lowest BCUT2D eigenvalue weighted by molar-refractivity contribution is -0.127. The highest BCUT2D eigenvalue weighted by Crippen LogP contribution is 2.21. The third-order valence-electron chi connectivity index (χ3n) is 2.21. The molecule has 2 nitrogen and oxygen atoms in total. The monoisotopic (exact) mass is 242 g/mol. The van der Waals surface area contributed by atoms with Crippen molar-refractivity contribution in [2.75, 3.05) is 7.05 Å². The first-order chi connectivity index (χ1) is 7.83. The smallest absolute Gasteiger partial charge is 0.303 e. The normalized spacial score (nSPS) is 12.6. The first-order valence-electron chi connectivity index (χ1n) is 5.02. The van der Waals surface area contributed by atoms with Gasteiger partial charge in [-0.3, -0.25) is 4.99 Å².